The number of aromatic nitrogens is 4. The first-order chi connectivity index (χ1) is 16.0. The van der Waals surface area contributed by atoms with Crippen molar-refractivity contribution in [3.63, 3.8) is 0 Å². The highest BCUT2D eigenvalue weighted by Gasteiger charge is 2.27. The number of para-hydroxylation sites is 1. The zero-order valence-corrected chi connectivity index (χ0v) is 19.5. The molecule has 0 aliphatic heterocycles. The predicted octanol–water partition coefficient (Wildman–Crippen LogP) is 3.29. The van der Waals surface area contributed by atoms with E-state index in [4.69, 9.17) is 4.74 Å². The number of rotatable bonds is 8. The van der Waals surface area contributed by atoms with Gasteiger partial charge in [-0.25, -0.2) is 9.78 Å². The van der Waals surface area contributed by atoms with Crippen molar-refractivity contribution in [3.8, 4) is 0 Å². The largest absolute Gasteiger partial charge is 0.467 e. The number of carbonyl (C=O) groups is 2. The minimum absolute atomic E-state index is 0.269. The van der Waals surface area contributed by atoms with Crippen LogP contribution < -0.4 is 5.32 Å². The molecule has 33 heavy (non-hydrogen) atoms. The number of ether oxygens (including phenoxy) is 1. The summed E-state index contributed by atoms with van der Waals surface area (Å²) in [6.45, 7) is 1.91. The number of carbonyl (C=O) groups excluding carboxylic acids is 2. The van der Waals surface area contributed by atoms with Crippen molar-refractivity contribution in [3.05, 3.63) is 60.2 Å². The molecule has 4 rings (SSSR count). The zero-order chi connectivity index (χ0) is 23.4. The van der Waals surface area contributed by atoms with Gasteiger partial charge in [-0.2, -0.15) is 0 Å². The van der Waals surface area contributed by atoms with Crippen LogP contribution in [0.1, 0.15) is 18.9 Å². The number of amides is 1. The van der Waals surface area contributed by atoms with Crippen molar-refractivity contribution in [1.82, 2.24) is 25.1 Å². The van der Waals surface area contributed by atoms with E-state index in [9.17, 15) is 9.59 Å². The summed E-state index contributed by atoms with van der Waals surface area (Å²) in [6.07, 6.45) is 0.881. The normalized spacial score (nSPS) is 13.1. The molecule has 0 radical (unpaired) electrons. The van der Waals surface area contributed by atoms with Crippen LogP contribution in [-0.2, 0) is 27.8 Å². The maximum atomic E-state index is 13.1. The highest BCUT2D eigenvalue weighted by atomic mass is 32.2. The molecule has 0 saturated heterocycles. The number of hydrogen-bond donors (Lipinski definition) is 1. The average Bonchev–Trinajstić information content (AvgIpc) is 3.13. The van der Waals surface area contributed by atoms with E-state index < -0.39 is 17.3 Å². The Labute approximate surface area is 195 Å². The van der Waals surface area contributed by atoms with E-state index in [1.807, 2.05) is 73.1 Å². The number of benzene rings is 2. The fraction of sp³-hybridized carbons (Fsp3) is 0.292. The van der Waals surface area contributed by atoms with Gasteiger partial charge in [0.15, 0.2) is 5.65 Å². The Balaban J connectivity index is 1.53. The summed E-state index contributed by atoms with van der Waals surface area (Å²) in [4.78, 5) is 30.0. The number of esters is 1. The lowest BCUT2D eigenvalue weighted by atomic mass is 10.1. The van der Waals surface area contributed by atoms with Crippen LogP contribution in [0, 0.1) is 0 Å². The molecule has 2 atom stereocenters. The van der Waals surface area contributed by atoms with Crippen LogP contribution in [0.4, 0.5) is 0 Å². The Hall–Kier alpha value is -3.46. The van der Waals surface area contributed by atoms with Gasteiger partial charge in [0, 0.05) is 18.9 Å². The van der Waals surface area contributed by atoms with E-state index in [2.05, 4.69) is 20.5 Å². The highest BCUT2D eigenvalue weighted by molar-refractivity contribution is 8.00. The van der Waals surface area contributed by atoms with Crippen molar-refractivity contribution < 1.29 is 14.3 Å². The second kappa shape index (κ2) is 9.99. The lowest BCUT2D eigenvalue weighted by molar-refractivity contribution is -0.145. The van der Waals surface area contributed by atoms with E-state index in [0.717, 1.165) is 22.0 Å². The van der Waals surface area contributed by atoms with Crippen molar-refractivity contribution in [2.45, 2.75) is 36.2 Å². The third-order valence-electron chi connectivity index (χ3n) is 5.48. The first-order valence-corrected chi connectivity index (χ1v) is 11.6. The van der Waals surface area contributed by atoms with Gasteiger partial charge in [-0.15, -0.1) is 10.2 Å². The van der Waals surface area contributed by atoms with Crippen LogP contribution in [0.3, 0.4) is 0 Å². The van der Waals surface area contributed by atoms with Gasteiger partial charge in [-0.05, 0) is 18.1 Å². The summed E-state index contributed by atoms with van der Waals surface area (Å²) in [5.41, 5.74) is 3.38. The smallest absolute Gasteiger partial charge is 0.328 e. The van der Waals surface area contributed by atoms with Crippen molar-refractivity contribution in [2.75, 3.05) is 7.11 Å². The van der Waals surface area contributed by atoms with Gasteiger partial charge >= 0.3 is 5.97 Å². The van der Waals surface area contributed by atoms with E-state index >= 15 is 0 Å². The lowest BCUT2D eigenvalue weighted by Crippen LogP contribution is -2.46. The molecule has 1 N–H and O–H groups in total. The molecule has 8 nitrogen and oxygen atoms in total. The molecule has 9 heteroatoms. The number of nitrogens with one attached hydrogen (secondary N) is 1. The highest BCUT2D eigenvalue weighted by Crippen LogP contribution is 2.28. The SMILES string of the molecule is CCC(Sc1nnc2c3ccccc3n(C)c2n1)C(=O)NC(Cc1ccccc1)C(=O)OC. The Kier molecular flexibility index (Phi) is 6.88. The van der Waals surface area contributed by atoms with Crippen LogP contribution >= 0.6 is 11.8 Å². The van der Waals surface area contributed by atoms with Crippen molar-refractivity contribution in [1.29, 1.82) is 0 Å². The second-order valence-electron chi connectivity index (χ2n) is 7.63. The number of thioether (sulfide) groups is 1. The number of aryl methyl sites for hydroxylation is 1. The molecule has 2 aromatic heterocycles. The van der Waals surface area contributed by atoms with Crippen molar-refractivity contribution >= 4 is 45.7 Å². The van der Waals surface area contributed by atoms with Gasteiger partial charge in [0.25, 0.3) is 0 Å². The van der Waals surface area contributed by atoms with E-state index in [1.54, 1.807) is 0 Å². The number of hydrogen-bond acceptors (Lipinski definition) is 7. The van der Waals surface area contributed by atoms with Gasteiger partial charge in [-0.3, -0.25) is 4.79 Å². The van der Waals surface area contributed by atoms with Crippen LogP contribution in [0.15, 0.2) is 59.8 Å². The minimum Gasteiger partial charge on any atom is -0.467 e. The fourth-order valence-corrected chi connectivity index (χ4v) is 4.56. The van der Waals surface area contributed by atoms with Crippen LogP contribution in [0.25, 0.3) is 22.1 Å². The molecule has 0 fully saturated rings. The van der Waals surface area contributed by atoms with Crippen LogP contribution in [0.2, 0.25) is 0 Å². The van der Waals surface area contributed by atoms with Gasteiger partial charge < -0.3 is 14.6 Å². The van der Waals surface area contributed by atoms with Crippen LogP contribution in [-0.4, -0.2) is 50.0 Å². The molecule has 2 unspecified atom stereocenters. The molecular formula is C24H25N5O3S. The molecule has 0 spiro atoms. The lowest BCUT2D eigenvalue weighted by Gasteiger charge is -2.20. The summed E-state index contributed by atoms with van der Waals surface area (Å²) < 4.78 is 6.88. The van der Waals surface area contributed by atoms with Gasteiger partial charge in [0.2, 0.25) is 11.1 Å². The molecule has 1 amide bonds. The molecule has 170 valence electrons. The van der Waals surface area contributed by atoms with E-state index in [0.29, 0.717) is 23.6 Å². The monoisotopic (exact) mass is 463 g/mol. The minimum atomic E-state index is -0.778. The van der Waals surface area contributed by atoms with Gasteiger partial charge in [-0.1, -0.05) is 67.2 Å². The molecule has 0 aliphatic rings. The summed E-state index contributed by atoms with van der Waals surface area (Å²) in [5, 5.41) is 12.4. The first-order valence-electron chi connectivity index (χ1n) is 10.7. The molecular weight excluding hydrogens is 438 g/mol. The molecule has 0 bridgehead atoms. The topological polar surface area (TPSA) is 99.0 Å². The number of nitrogens with zero attached hydrogens (tertiary/aromatic N) is 4. The molecule has 0 saturated carbocycles. The predicted molar refractivity (Wildman–Crippen MR) is 128 cm³/mol. The maximum Gasteiger partial charge on any atom is 0.328 e. The first kappa shape index (κ1) is 22.7. The molecule has 0 aliphatic carbocycles. The van der Waals surface area contributed by atoms with Crippen LogP contribution in [0.5, 0.6) is 0 Å². The van der Waals surface area contributed by atoms with E-state index in [-0.39, 0.29) is 5.91 Å². The average molecular weight is 464 g/mol. The zero-order valence-electron chi connectivity index (χ0n) is 18.7. The molecule has 4 aromatic rings. The van der Waals surface area contributed by atoms with Gasteiger partial charge in [0.1, 0.15) is 11.6 Å². The Morgan fingerprint density at radius 1 is 1.09 bits per heavy atom. The summed E-state index contributed by atoms with van der Waals surface area (Å²) in [5.74, 6) is -0.753. The Morgan fingerprint density at radius 3 is 2.55 bits per heavy atom. The number of methoxy groups -OCH3 is 1. The maximum absolute atomic E-state index is 13.1. The Morgan fingerprint density at radius 2 is 1.82 bits per heavy atom. The summed E-state index contributed by atoms with van der Waals surface area (Å²) in [6, 6.07) is 16.6. The molecule has 2 aromatic carbocycles. The summed E-state index contributed by atoms with van der Waals surface area (Å²) in [7, 11) is 3.25. The second-order valence-corrected chi connectivity index (χ2v) is 8.80. The summed E-state index contributed by atoms with van der Waals surface area (Å²) >= 11 is 1.24. The molecule has 2 heterocycles. The quantitative estimate of drug-likeness (QED) is 0.316. The van der Waals surface area contributed by atoms with E-state index in [1.165, 1.54) is 18.9 Å². The van der Waals surface area contributed by atoms with Gasteiger partial charge in [0.05, 0.1) is 17.9 Å². The van der Waals surface area contributed by atoms with Crippen molar-refractivity contribution in [2.24, 2.45) is 7.05 Å². The standard InChI is InChI=1S/C24H25N5O3S/c1-4-19(22(30)25-17(23(31)32-3)14-15-10-6-5-7-11-15)33-24-26-21-20(27-28-24)16-12-8-9-13-18(16)29(21)2/h5-13,17,19H,4,14H2,1-3H3,(H,25,30). The Bertz CT molecular complexity index is 1290. The fourth-order valence-electron chi connectivity index (χ4n) is 3.74. The number of fused-ring (bicyclic) bond motifs is 3. The third kappa shape index (κ3) is 4.83. The third-order valence-corrected chi connectivity index (χ3v) is 6.70.